The Morgan fingerprint density at radius 1 is 1.47 bits per heavy atom. The van der Waals surface area contributed by atoms with E-state index in [1.165, 1.54) is 4.88 Å². The minimum absolute atomic E-state index is 0.396. The van der Waals surface area contributed by atoms with Gasteiger partial charge in [-0.25, -0.2) is 9.97 Å². The summed E-state index contributed by atoms with van der Waals surface area (Å²) in [7, 11) is 0. The topological polar surface area (TPSA) is 46.0 Å². The molecule has 1 unspecified atom stereocenters. The van der Waals surface area contributed by atoms with Crippen LogP contribution in [0.2, 0.25) is 5.15 Å². The molecule has 0 bridgehead atoms. The van der Waals surface area contributed by atoms with Crippen LogP contribution >= 0.6 is 22.9 Å². The van der Waals surface area contributed by atoms with Crippen molar-refractivity contribution >= 4 is 22.9 Å². The fourth-order valence-electron chi connectivity index (χ4n) is 1.53. The van der Waals surface area contributed by atoms with Crippen molar-refractivity contribution in [1.82, 2.24) is 9.97 Å². The minimum Gasteiger partial charge on any atom is -0.388 e. The first-order valence-electron chi connectivity index (χ1n) is 5.28. The molecule has 2 rings (SSSR count). The second-order valence-electron chi connectivity index (χ2n) is 3.88. The molecule has 0 spiro atoms. The number of thiazole rings is 1. The molecule has 0 aliphatic rings. The molecule has 1 N–H and O–H groups in total. The number of hydrogen-bond acceptors (Lipinski definition) is 4. The molecule has 0 fully saturated rings. The van der Waals surface area contributed by atoms with Gasteiger partial charge in [0.15, 0.2) is 0 Å². The highest BCUT2D eigenvalue weighted by atomic mass is 35.5. The van der Waals surface area contributed by atoms with E-state index in [-0.39, 0.29) is 0 Å². The first-order chi connectivity index (χ1) is 8.06. The summed E-state index contributed by atoms with van der Waals surface area (Å²) >= 11 is 7.41. The number of aromatic nitrogens is 2. The second kappa shape index (κ2) is 5.12. The quantitative estimate of drug-likeness (QED) is 0.870. The zero-order valence-corrected chi connectivity index (χ0v) is 11.2. The lowest BCUT2D eigenvalue weighted by atomic mass is 10.1. The number of aryl methyl sites for hydroxylation is 2. The minimum atomic E-state index is -0.583. The van der Waals surface area contributed by atoms with Gasteiger partial charge in [-0.1, -0.05) is 11.6 Å². The van der Waals surface area contributed by atoms with E-state index in [0.717, 1.165) is 16.3 Å². The predicted octanol–water partition coefficient (Wildman–Crippen LogP) is 3.08. The van der Waals surface area contributed by atoms with E-state index in [4.69, 9.17) is 11.6 Å². The summed E-state index contributed by atoms with van der Waals surface area (Å²) in [6, 6.07) is 3.45. The Labute approximate surface area is 109 Å². The molecular formula is C12H13ClN2OS. The van der Waals surface area contributed by atoms with Crippen molar-refractivity contribution in [2.24, 2.45) is 0 Å². The van der Waals surface area contributed by atoms with E-state index in [0.29, 0.717) is 11.6 Å². The SMILES string of the molecule is Cc1nc(CC(O)c2ccnc(Cl)c2)sc1C. The monoisotopic (exact) mass is 268 g/mol. The molecule has 5 heteroatoms. The third-order valence-electron chi connectivity index (χ3n) is 2.58. The van der Waals surface area contributed by atoms with Crippen LogP contribution in [0.5, 0.6) is 0 Å². The number of pyridine rings is 1. The van der Waals surface area contributed by atoms with E-state index in [2.05, 4.69) is 9.97 Å². The average Bonchev–Trinajstić information content (AvgIpc) is 2.58. The van der Waals surface area contributed by atoms with Crippen molar-refractivity contribution < 1.29 is 5.11 Å². The molecular weight excluding hydrogens is 256 g/mol. The largest absolute Gasteiger partial charge is 0.388 e. The summed E-state index contributed by atoms with van der Waals surface area (Å²) in [5.74, 6) is 0. The zero-order chi connectivity index (χ0) is 12.4. The van der Waals surface area contributed by atoms with Gasteiger partial charge in [0.05, 0.1) is 16.8 Å². The van der Waals surface area contributed by atoms with Crippen LogP contribution in [0.3, 0.4) is 0 Å². The van der Waals surface area contributed by atoms with Gasteiger partial charge in [-0.2, -0.15) is 0 Å². The van der Waals surface area contributed by atoms with Gasteiger partial charge in [-0.3, -0.25) is 0 Å². The van der Waals surface area contributed by atoms with Crippen molar-refractivity contribution in [2.75, 3.05) is 0 Å². The van der Waals surface area contributed by atoms with Crippen LogP contribution in [-0.4, -0.2) is 15.1 Å². The number of aliphatic hydroxyl groups is 1. The number of aliphatic hydroxyl groups excluding tert-OH is 1. The summed E-state index contributed by atoms with van der Waals surface area (Å²) in [6.07, 6.45) is 1.53. The molecule has 90 valence electrons. The van der Waals surface area contributed by atoms with Crippen molar-refractivity contribution in [3.05, 3.63) is 44.6 Å². The summed E-state index contributed by atoms with van der Waals surface area (Å²) in [5.41, 5.74) is 1.81. The molecule has 1 atom stereocenters. The lowest BCUT2D eigenvalue weighted by Gasteiger charge is -2.08. The highest BCUT2D eigenvalue weighted by Crippen LogP contribution is 2.24. The standard InChI is InChI=1S/C12H13ClN2OS/c1-7-8(2)17-12(15-7)6-10(16)9-3-4-14-11(13)5-9/h3-5,10,16H,6H2,1-2H3. The van der Waals surface area contributed by atoms with Crippen molar-refractivity contribution in [2.45, 2.75) is 26.4 Å². The van der Waals surface area contributed by atoms with Gasteiger partial charge in [0.2, 0.25) is 0 Å². The maximum Gasteiger partial charge on any atom is 0.129 e. The Morgan fingerprint density at radius 3 is 2.82 bits per heavy atom. The third kappa shape index (κ3) is 3.03. The smallest absolute Gasteiger partial charge is 0.129 e. The van der Waals surface area contributed by atoms with Gasteiger partial charge >= 0.3 is 0 Å². The maximum absolute atomic E-state index is 10.1. The normalized spacial score (nSPS) is 12.7. The van der Waals surface area contributed by atoms with Crippen LogP contribution in [0.15, 0.2) is 18.3 Å². The van der Waals surface area contributed by atoms with E-state index < -0.39 is 6.10 Å². The van der Waals surface area contributed by atoms with Gasteiger partial charge in [0.1, 0.15) is 5.15 Å². The molecule has 3 nitrogen and oxygen atoms in total. The average molecular weight is 269 g/mol. The number of rotatable bonds is 3. The molecule has 0 aliphatic carbocycles. The van der Waals surface area contributed by atoms with Gasteiger partial charge in [-0.05, 0) is 31.5 Å². The highest BCUT2D eigenvalue weighted by Gasteiger charge is 2.12. The van der Waals surface area contributed by atoms with E-state index in [1.807, 2.05) is 13.8 Å². The second-order valence-corrected chi connectivity index (χ2v) is 5.56. The van der Waals surface area contributed by atoms with Gasteiger partial charge < -0.3 is 5.11 Å². The summed E-state index contributed by atoms with van der Waals surface area (Å²) in [6.45, 7) is 4.01. The first kappa shape index (κ1) is 12.5. The van der Waals surface area contributed by atoms with Gasteiger partial charge in [-0.15, -0.1) is 11.3 Å². The fourth-order valence-corrected chi connectivity index (χ4v) is 2.69. The van der Waals surface area contributed by atoms with Crippen LogP contribution in [0, 0.1) is 13.8 Å². The third-order valence-corrected chi connectivity index (χ3v) is 3.88. The summed E-state index contributed by atoms with van der Waals surface area (Å²) < 4.78 is 0. The Hall–Kier alpha value is -0.970. The molecule has 2 heterocycles. The lowest BCUT2D eigenvalue weighted by Crippen LogP contribution is -2.01. The summed E-state index contributed by atoms with van der Waals surface area (Å²) in [5, 5.41) is 11.4. The molecule has 2 aromatic heterocycles. The summed E-state index contributed by atoms with van der Waals surface area (Å²) in [4.78, 5) is 9.49. The van der Waals surface area contributed by atoms with Crippen LogP contribution in [0.25, 0.3) is 0 Å². The Balaban J connectivity index is 2.14. The Kier molecular flexibility index (Phi) is 3.76. The highest BCUT2D eigenvalue weighted by molar-refractivity contribution is 7.11. The fraction of sp³-hybridized carbons (Fsp3) is 0.333. The van der Waals surface area contributed by atoms with Gasteiger partial charge in [0.25, 0.3) is 0 Å². The lowest BCUT2D eigenvalue weighted by molar-refractivity contribution is 0.178. The van der Waals surface area contributed by atoms with E-state index in [9.17, 15) is 5.11 Å². The molecule has 0 aliphatic heterocycles. The zero-order valence-electron chi connectivity index (χ0n) is 9.64. The van der Waals surface area contributed by atoms with Crippen molar-refractivity contribution in [3.8, 4) is 0 Å². The van der Waals surface area contributed by atoms with E-state index in [1.54, 1.807) is 29.7 Å². The number of nitrogens with zero attached hydrogens (tertiary/aromatic N) is 2. The van der Waals surface area contributed by atoms with E-state index >= 15 is 0 Å². The number of halogens is 1. The van der Waals surface area contributed by atoms with Crippen LogP contribution in [0.1, 0.15) is 27.2 Å². The molecule has 0 aromatic carbocycles. The first-order valence-corrected chi connectivity index (χ1v) is 6.48. The molecule has 0 radical (unpaired) electrons. The van der Waals surface area contributed by atoms with Crippen LogP contribution in [-0.2, 0) is 6.42 Å². The van der Waals surface area contributed by atoms with Crippen molar-refractivity contribution in [1.29, 1.82) is 0 Å². The number of hydrogen-bond donors (Lipinski definition) is 1. The molecule has 0 saturated heterocycles. The van der Waals surface area contributed by atoms with Gasteiger partial charge in [0, 0.05) is 17.5 Å². The molecule has 0 amide bonds. The van der Waals surface area contributed by atoms with Crippen LogP contribution in [0.4, 0.5) is 0 Å². The molecule has 0 saturated carbocycles. The maximum atomic E-state index is 10.1. The Bertz CT molecular complexity index is 507. The Morgan fingerprint density at radius 2 is 2.24 bits per heavy atom. The molecule has 2 aromatic rings. The molecule has 17 heavy (non-hydrogen) atoms. The predicted molar refractivity (Wildman–Crippen MR) is 69.5 cm³/mol. The van der Waals surface area contributed by atoms with Crippen LogP contribution < -0.4 is 0 Å². The van der Waals surface area contributed by atoms with Crippen molar-refractivity contribution in [3.63, 3.8) is 0 Å².